The lowest BCUT2D eigenvalue weighted by Crippen LogP contribution is -2.36. The van der Waals surface area contributed by atoms with Crippen LogP contribution in [0.4, 0.5) is 0 Å². The Bertz CT molecular complexity index is 1500. The molecule has 3 heterocycles. The number of hydrogen-bond acceptors (Lipinski definition) is 20. The van der Waals surface area contributed by atoms with Gasteiger partial charge in [-0.25, -0.2) is 27.5 Å². The Kier molecular flexibility index (Phi) is 15.0. The number of aromatic nitrogens is 3. The van der Waals surface area contributed by atoms with Crippen LogP contribution in [0.25, 0.3) is 0 Å². The minimum absolute atomic E-state index is 0.0713. The molecule has 26 nitrogen and oxygen atoms in total. The van der Waals surface area contributed by atoms with Crippen LogP contribution in [0.5, 0.6) is 0 Å². The normalized spacial score (nSPS) is 33.7. The number of ether oxygens (including phenoxy) is 3. The van der Waals surface area contributed by atoms with E-state index in [-0.39, 0.29) is 5.69 Å². The van der Waals surface area contributed by atoms with E-state index >= 15 is 0 Å². The van der Waals surface area contributed by atoms with Gasteiger partial charge in [0.25, 0.3) is 0 Å². The number of rotatable bonds is 20. The van der Waals surface area contributed by atoms with Crippen LogP contribution in [0.1, 0.15) is 19.5 Å². The molecule has 0 aliphatic carbocycles. The number of hydrogen-bond donors (Lipinski definition) is 7. The topological polar surface area (TPSA) is 359 Å². The molecule has 0 bridgehead atoms. The molecule has 1 aromatic heterocycles. The van der Waals surface area contributed by atoms with Crippen LogP contribution in [-0.4, -0.2) is 126 Å². The van der Waals surface area contributed by atoms with E-state index in [9.17, 15) is 52.6 Å². The maximum atomic E-state index is 12.6. The van der Waals surface area contributed by atoms with Gasteiger partial charge in [-0.3, -0.25) is 27.1 Å². The third-order valence-electron chi connectivity index (χ3n) is 6.44. The summed E-state index contributed by atoms with van der Waals surface area (Å²) in [4.78, 5) is 48.1. The molecule has 286 valence electrons. The summed E-state index contributed by atoms with van der Waals surface area (Å²) in [6, 6.07) is 0. The lowest BCUT2D eigenvalue weighted by molar-refractivity contribution is -0.0611. The Hall–Kier alpha value is -0.430. The van der Waals surface area contributed by atoms with Crippen molar-refractivity contribution in [3.63, 3.8) is 0 Å². The number of phosphoric acid groups is 5. The van der Waals surface area contributed by atoms with Crippen molar-refractivity contribution in [1.82, 2.24) is 15.0 Å². The first kappa shape index (κ1) is 43.0. The smallest absolute Gasteiger partial charge is 0.388 e. The van der Waals surface area contributed by atoms with Crippen molar-refractivity contribution in [2.45, 2.75) is 76.0 Å². The summed E-state index contributed by atoms with van der Waals surface area (Å²) in [6.07, 6.45) is -8.73. The molecule has 2 fully saturated rings. The van der Waals surface area contributed by atoms with Crippen molar-refractivity contribution in [3.8, 4) is 0 Å². The van der Waals surface area contributed by atoms with Gasteiger partial charge in [-0.05, 0) is 13.8 Å². The summed E-state index contributed by atoms with van der Waals surface area (Å²) in [5.74, 6) is 0. The second kappa shape index (κ2) is 17.1. The number of aliphatic hydroxyl groups excluding tert-OH is 2. The molecule has 1 aromatic rings. The van der Waals surface area contributed by atoms with Gasteiger partial charge < -0.3 is 48.9 Å². The molecular formula is C18H36N3O23P5. The highest BCUT2D eigenvalue weighted by Crippen LogP contribution is 2.67. The highest BCUT2D eigenvalue weighted by Gasteiger charge is 2.48. The molecule has 3 rings (SSSR count). The Labute approximate surface area is 277 Å². The molecule has 2 aliphatic heterocycles. The van der Waals surface area contributed by atoms with Crippen LogP contribution in [0.3, 0.4) is 0 Å². The molecule has 7 unspecified atom stereocenters. The van der Waals surface area contributed by atoms with Gasteiger partial charge >= 0.3 is 39.1 Å². The zero-order chi connectivity index (χ0) is 37.0. The van der Waals surface area contributed by atoms with Crippen molar-refractivity contribution < 1.29 is 107 Å². The van der Waals surface area contributed by atoms with Gasteiger partial charge in [0.2, 0.25) is 0 Å². The summed E-state index contributed by atoms with van der Waals surface area (Å²) in [6.45, 7) is 0.209. The van der Waals surface area contributed by atoms with Crippen molar-refractivity contribution in [3.05, 3.63) is 11.9 Å². The monoisotopic (exact) mass is 817 g/mol. The maximum absolute atomic E-state index is 12.6. The fourth-order valence-corrected chi connectivity index (χ4v) is 8.73. The third-order valence-corrected chi connectivity index (χ3v) is 12.6. The second-order valence-electron chi connectivity index (χ2n) is 10.1. The zero-order valence-electron chi connectivity index (χ0n) is 25.8. The molecular weight excluding hydrogens is 781 g/mol. The Morgan fingerprint density at radius 2 is 1.24 bits per heavy atom. The van der Waals surface area contributed by atoms with Gasteiger partial charge in [-0.1, -0.05) is 5.21 Å². The van der Waals surface area contributed by atoms with Gasteiger partial charge in [0.05, 0.1) is 38.2 Å². The Morgan fingerprint density at radius 3 is 1.82 bits per heavy atom. The van der Waals surface area contributed by atoms with Crippen LogP contribution in [0, 0.1) is 0 Å². The first-order valence-corrected chi connectivity index (χ1v) is 20.9. The predicted molar refractivity (Wildman–Crippen MR) is 152 cm³/mol. The summed E-state index contributed by atoms with van der Waals surface area (Å²) in [5, 5.41) is 28.2. The van der Waals surface area contributed by atoms with Crippen LogP contribution in [0.15, 0.2) is 6.20 Å². The van der Waals surface area contributed by atoms with Gasteiger partial charge in [0, 0.05) is 14.2 Å². The van der Waals surface area contributed by atoms with Gasteiger partial charge in [-0.15, -0.1) is 5.10 Å². The third kappa shape index (κ3) is 13.2. The van der Waals surface area contributed by atoms with Gasteiger partial charge in [-0.2, -0.15) is 8.62 Å². The zero-order valence-corrected chi connectivity index (χ0v) is 30.2. The summed E-state index contributed by atoms with van der Waals surface area (Å²) < 4.78 is 112. The van der Waals surface area contributed by atoms with Crippen LogP contribution in [-0.2, 0) is 86.1 Å². The highest BCUT2D eigenvalue weighted by atomic mass is 31.3. The Balaban J connectivity index is 1.53. The van der Waals surface area contributed by atoms with E-state index in [0.717, 1.165) is 11.8 Å². The standard InChI is InChI=1S/C18H36N3O23P5/c1-10-15(22)17(13(40-10)7-38-48(30,31)44-49(32,33)43-46(26,27)35-4)36-6-12-5-21(20-19-12)9-39-47(28,29)42-18-14(41-11(2)16(18)23)8-37-45(24,25)34-3/h5,10-11,13-18,22-23H,6-9H2,1-4H3,(H,24,25)(H,26,27)(H,28,29)(H,30,31)(H,32,33)/t10-,11-,13+,14+,15+,16?,17?,18-/m0/s1. The molecule has 0 spiro atoms. The summed E-state index contributed by atoms with van der Waals surface area (Å²) in [5.41, 5.74) is 0.0713. The SMILES string of the molecule is COP(=O)(O)OC[C@H]1O[C@@H](C)C(O)[C@H]1OP(=O)(O)OCn1cc(COC2[C@@H](COP(=O)(O)OP(=O)(O)OP(=O)(O)OC)O[C@@H](C)[C@H]2O)nn1. The van der Waals surface area contributed by atoms with Gasteiger partial charge in [0.15, 0.2) is 6.73 Å². The molecule has 0 saturated carbocycles. The maximum Gasteiger partial charge on any atom is 0.490 e. The number of phosphoric ester groups is 4. The summed E-state index contributed by atoms with van der Waals surface area (Å²) >= 11 is 0. The Morgan fingerprint density at radius 1 is 0.735 bits per heavy atom. The van der Waals surface area contributed by atoms with Crippen LogP contribution < -0.4 is 0 Å². The molecule has 31 heteroatoms. The minimum Gasteiger partial charge on any atom is -0.388 e. The van der Waals surface area contributed by atoms with Gasteiger partial charge in [0.1, 0.15) is 42.3 Å². The highest BCUT2D eigenvalue weighted by molar-refractivity contribution is 7.66. The minimum atomic E-state index is -5.66. The van der Waals surface area contributed by atoms with E-state index in [1.165, 1.54) is 20.0 Å². The lowest BCUT2D eigenvalue weighted by atomic mass is 10.1. The van der Waals surface area contributed by atoms with E-state index in [0.29, 0.717) is 7.11 Å². The number of aliphatic hydroxyl groups is 2. The van der Waals surface area contributed by atoms with E-state index in [1.807, 2.05) is 0 Å². The molecule has 2 saturated heterocycles. The number of nitrogens with zero attached hydrogens (tertiary/aromatic N) is 3. The average molecular weight is 817 g/mol. The predicted octanol–water partition coefficient (Wildman–Crippen LogP) is -0.320. The molecule has 49 heavy (non-hydrogen) atoms. The van der Waals surface area contributed by atoms with Crippen molar-refractivity contribution in [1.29, 1.82) is 0 Å². The van der Waals surface area contributed by atoms with Crippen molar-refractivity contribution in [2.24, 2.45) is 0 Å². The van der Waals surface area contributed by atoms with E-state index in [2.05, 4.69) is 32.5 Å². The molecule has 2 aliphatic rings. The van der Waals surface area contributed by atoms with E-state index in [4.69, 9.17) is 32.7 Å². The molecule has 7 N–H and O–H groups in total. The van der Waals surface area contributed by atoms with Crippen molar-refractivity contribution in [2.75, 3.05) is 27.4 Å². The van der Waals surface area contributed by atoms with Crippen molar-refractivity contribution >= 4 is 39.1 Å². The van der Waals surface area contributed by atoms with Crippen LogP contribution >= 0.6 is 39.1 Å². The first-order valence-electron chi connectivity index (χ1n) is 13.5. The second-order valence-corrected chi connectivity index (χ2v) is 17.8. The fourth-order valence-electron chi connectivity index (χ4n) is 4.13. The lowest BCUT2D eigenvalue weighted by Gasteiger charge is -2.23. The van der Waals surface area contributed by atoms with Crippen LogP contribution in [0.2, 0.25) is 0 Å². The van der Waals surface area contributed by atoms with E-state index in [1.54, 1.807) is 0 Å². The molecule has 0 amide bonds. The molecule has 13 atom stereocenters. The fraction of sp³-hybridized carbons (Fsp3) is 0.889. The summed E-state index contributed by atoms with van der Waals surface area (Å²) in [7, 11) is -24.0. The quantitative estimate of drug-likeness (QED) is 0.0829. The average Bonchev–Trinajstić information content (AvgIpc) is 3.63. The largest absolute Gasteiger partial charge is 0.490 e. The first-order chi connectivity index (χ1) is 22.5. The van der Waals surface area contributed by atoms with E-state index < -0.39 is 114 Å². The molecule has 0 radical (unpaired) electrons. The molecule has 0 aromatic carbocycles.